The Morgan fingerprint density at radius 3 is 3.20 bits per heavy atom. The van der Waals surface area contributed by atoms with Crippen molar-refractivity contribution in [2.75, 3.05) is 6.54 Å². The molecule has 0 saturated heterocycles. The maximum absolute atomic E-state index is 10.8. The molecule has 3 N–H and O–H groups in total. The van der Waals surface area contributed by atoms with Gasteiger partial charge in [0.1, 0.15) is 0 Å². The van der Waals surface area contributed by atoms with Crippen LogP contribution in [0.3, 0.4) is 0 Å². The molecule has 0 bridgehead atoms. The number of carbonyl (C=O) groups is 1. The van der Waals surface area contributed by atoms with Crippen LogP contribution >= 0.6 is 11.6 Å². The van der Waals surface area contributed by atoms with Crippen molar-refractivity contribution in [1.82, 2.24) is 5.32 Å². The molecule has 1 atom stereocenters. The van der Waals surface area contributed by atoms with Crippen LogP contribution in [0, 0.1) is 0 Å². The van der Waals surface area contributed by atoms with Crippen molar-refractivity contribution in [2.45, 2.75) is 12.5 Å². The number of hydrogen-bond donors (Lipinski definition) is 2. The molecular weight excluding hydrogens is 152 g/mol. The standard InChI is InChI=1S/C6H9ClN2O/c7-4-1-2-5(8)6(10)9-3-4/h1,5H,2-3,8H2,(H,9,10). The number of carbonyl (C=O) groups excluding carboxylic acids is 1. The zero-order valence-corrected chi connectivity index (χ0v) is 6.19. The lowest BCUT2D eigenvalue weighted by Crippen LogP contribution is -2.39. The van der Waals surface area contributed by atoms with E-state index in [0.29, 0.717) is 18.0 Å². The van der Waals surface area contributed by atoms with Gasteiger partial charge in [-0.25, -0.2) is 0 Å². The highest BCUT2D eigenvalue weighted by Gasteiger charge is 2.14. The van der Waals surface area contributed by atoms with Gasteiger partial charge in [0.2, 0.25) is 5.91 Å². The summed E-state index contributed by atoms with van der Waals surface area (Å²) >= 11 is 5.64. The Labute approximate surface area is 64.2 Å². The SMILES string of the molecule is NC1CC=C(Cl)CNC1=O. The van der Waals surface area contributed by atoms with Crippen molar-refractivity contribution < 1.29 is 4.79 Å². The van der Waals surface area contributed by atoms with Crippen molar-refractivity contribution in [3.05, 3.63) is 11.1 Å². The third-order valence-electron chi connectivity index (χ3n) is 1.36. The molecule has 0 aromatic heterocycles. The first kappa shape index (κ1) is 7.57. The van der Waals surface area contributed by atoms with Gasteiger partial charge in [0.15, 0.2) is 0 Å². The van der Waals surface area contributed by atoms with E-state index in [1.807, 2.05) is 0 Å². The first-order valence-corrected chi connectivity index (χ1v) is 3.46. The molecule has 1 heterocycles. The van der Waals surface area contributed by atoms with Crippen molar-refractivity contribution in [2.24, 2.45) is 5.73 Å². The van der Waals surface area contributed by atoms with Gasteiger partial charge in [0, 0.05) is 5.03 Å². The molecule has 1 unspecified atom stereocenters. The van der Waals surface area contributed by atoms with Gasteiger partial charge < -0.3 is 11.1 Å². The zero-order valence-electron chi connectivity index (χ0n) is 5.43. The Kier molecular flexibility index (Phi) is 2.29. The number of amides is 1. The number of hydrogen-bond acceptors (Lipinski definition) is 2. The molecule has 1 amide bonds. The highest BCUT2D eigenvalue weighted by atomic mass is 35.5. The Morgan fingerprint density at radius 1 is 1.80 bits per heavy atom. The first-order valence-electron chi connectivity index (χ1n) is 3.08. The quantitative estimate of drug-likeness (QED) is 0.523. The fourth-order valence-corrected chi connectivity index (χ4v) is 0.893. The summed E-state index contributed by atoms with van der Waals surface area (Å²) in [5, 5.41) is 3.23. The Balaban J connectivity index is 2.60. The Hall–Kier alpha value is -0.540. The predicted molar refractivity (Wildman–Crippen MR) is 39.5 cm³/mol. The second kappa shape index (κ2) is 3.03. The molecule has 3 nitrogen and oxygen atoms in total. The van der Waals surface area contributed by atoms with Crippen LogP contribution in [0.5, 0.6) is 0 Å². The molecule has 0 fully saturated rings. The molecule has 10 heavy (non-hydrogen) atoms. The maximum Gasteiger partial charge on any atom is 0.237 e. The van der Waals surface area contributed by atoms with E-state index in [2.05, 4.69) is 5.32 Å². The van der Waals surface area contributed by atoms with E-state index in [1.165, 1.54) is 0 Å². The third-order valence-corrected chi connectivity index (χ3v) is 1.65. The highest BCUT2D eigenvalue weighted by molar-refractivity contribution is 6.30. The second-order valence-electron chi connectivity index (χ2n) is 2.21. The number of rotatable bonds is 0. The Bertz CT molecular complexity index is 179. The van der Waals surface area contributed by atoms with E-state index in [9.17, 15) is 4.79 Å². The molecule has 1 rings (SSSR count). The Morgan fingerprint density at radius 2 is 2.50 bits per heavy atom. The molecule has 0 aromatic carbocycles. The summed E-state index contributed by atoms with van der Waals surface area (Å²) in [4.78, 5) is 10.8. The van der Waals surface area contributed by atoms with Gasteiger partial charge in [-0.2, -0.15) is 0 Å². The van der Waals surface area contributed by atoms with E-state index < -0.39 is 6.04 Å². The largest absolute Gasteiger partial charge is 0.350 e. The number of nitrogens with two attached hydrogens (primary N) is 1. The van der Waals surface area contributed by atoms with E-state index in [0.717, 1.165) is 0 Å². The number of nitrogens with one attached hydrogen (secondary N) is 1. The lowest BCUT2D eigenvalue weighted by molar-refractivity contribution is -0.121. The maximum atomic E-state index is 10.8. The molecule has 1 aliphatic rings. The summed E-state index contributed by atoms with van der Waals surface area (Å²) in [6.45, 7) is 0.411. The summed E-state index contributed by atoms with van der Waals surface area (Å²) in [5.41, 5.74) is 5.43. The molecule has 4 heteroatoms. The fourth-order valence-electron chi connectivity index (χ4n) is 0.737. The van der Waals surface area contributed by atoms with Crippen molar-refractivity contribution >= 4 is 17.5 Å². The summed E-state index contributed by atoms with van der Waals surface area (Å²) < 4.78 is 0. The smallest absolute Gasteiger partial charge is 0.237 e. The van der Waals surface area contributed by atoms with Crippen LogP contribution in [0.15, 0.2) is 11.1 Å². The van der Waals surface area contributed by atoms with Crippen LogP contribution in [-0.2, 0) is 4.79 Å². The van der Waals surface area contributed by atoms with Gasteiger partial charge in [-0.05, 0) is 6.42 Å². The first-order chi connectivity index (χ1) is 4.70. The minimum atomic E-state index is -0.434. The monoisotopic (exact) mass is 160 g/mol. The molecule has 0 aromatic rings. The molecule has 0 spiro atoms. The van der Waals surface area contributed by atoms with Gasteiger partial charge in [-0.3, -0.25) is 4.79 Å². The van der Waals surface area contributed by atoms with Crippen LogP contribution < -0.4 is 11.1 Å². The van der Waals surface area contributed by atoms with Gasteiger partial charge in [0.25, 0.3) is 0 Å². The van der Waals surface area contributed by atoms with E-state index in [4.69, 9.17) is 17.3 Å². The average Bonchev–Trinajstić information content (AvgIpc) is 2.04. The lowest BCUT2D eigenvalue weighted by Gasteiger charge is -2.04. The molecule has 0 aliphatic carbocycles. The van der Waals surface area contributed by atoms with E-state index in [-0.39, 0.29) is 5.91 Å². The molecule has 1 aliphatic heterocycles. The molecule has 56 valence electrons. The van der Waals surface area contributed by atoms with E-state index in [1.54, 1.807) is 6.08 Å². The summed E-state index contributed by atoms with van der Waals surface area (Å²) in [7, 11) is 0. The molecule has 0 radical (unpaired) electrons. The molecule has 0 saturated carbocycles. The molecular formula is C6H9ClN2O. The minimum Gasteiger partial charge on any atom is -0.350 e. The van der Waals surface area contributed by atoms with Gasteiger partial charge in [-0.1, -0.05) is 17.7 Å². The number of halogens is 1. The van der Waals surface area contributed by atoms with E-state index >= 15 is 0 Å². The van der Waals surface area contributed by atoms with Crippen LogP contribution in [0.2, 0.25) is 0 Å². The van der Waals surface area contributed by atoms with Crippen LogP contribution in [0.4, 0.5) is 0 Å². The third kappa shape index (κ3) is 1.72. The average molecular weight is 161 g/mol. The van der Waals surface area contributed by atoms with Crippen LogP contribution in [0.1, 0.15) is 6.42 Å². The minimum absolute atomic E-state index is 0.132. The van der Waals surface area contributed by atoms with Gasteiger partial charge in [-0.15, -0.1) is 0 Å². The fraction of sp³-hybridized carbons (Fsp3) is 0.500. The lowest BCUT2D eigenvalue weighted by atomic mass is 10.2. The normalized spacial score (nSPS) is 26.8. The zero-order chi connectivity index (χ0) is 7.56. The highest BCUT2D eigenvalue weighted by Crippen LogP contribution is 2.06. The van der Waals surface area contributed by atoms with Gasteiger partial charge in [0.05, 0.1) is 12.6 Å². The second-order valence-corrected chi connectivity index (χ2v) is 2.70. The van der Waals surface area contributed by atoms with Gasteiger partial charge >= 0.3 is 0 Å². The predicted octanol–water partition coefficient (Wildman–Crippen LogP) is -0.0437. The summed E-state index contributed by atoms with van der Waals surface area (Å²) in [5.74, 6) is -0.132. The topological polar surface area (TPSA) is 55.1 Å². The van der Waals surface area contributed by atoms with Crippen molar-refractivity contribution in [1.29, 1.82) is 0 Å². The van der Waals surface area contributed by atoms with Crippen LogP contribution in [0.25, 0.3) is 0 Å². The van der Waals surface area contributed by atoms with Crippen LogP contribution in [-0.4, -0.2) is 18.5 Å². The summed E-state index contributed by atoms with van der Waals surface area (Å²) in [6, 6.07) is -0.434. The summed E-state index contributed by atoms with van der Waals surface area (Å²) in [6.07, 6.45) is 2.30. The van der Waals surface area contributed by atoms with Crippen molar-refractivity contribution in [3.63, 3.8) is 0 Å². The van der Waals surface area contributed by atoms with Crippen molar-refractivity contribution in [3.8, 4) is 0 Å².